The highest BCUT2D eigenvalue weighted by Crippen LogP contribution is 2.24. The first-order valence-corrected chi connectivity index (χ1v) is 9.73. The summed E-state index contributed by atoms with van der Waals surface area (Å²) in [7, 11) is 0. The van der Waals surface area contributed by atoms with Crippen LogP contribution in [0.2, 0.25) is 0 Å². The summed E-state index contributed by atoms with van der Waals surface area (Å²) >= 11 is 0. The van der Waals surface area contributed by atoms with Crippen molar-refractivity contribution in [2.45, 2.75) is 45.2 Å². The van der Waals surface area contributed by atoms with Gasteiger partial charge in [0, 0.05) is 56.6 Å². The number of piperidine rings is 1. The number of rotatable bonds is 4. The molecule has 0 aliphatic carbocycles. The van der Waals surface area contributed by atoms with Crippen LogP contribution in [0.1, 0.15) is 35.5 Å². The Morgan fingerprint density at radius 3 is 3.00 bits per heavy atom. The summed E-state index contributed by atoms with van der Waals surface area (Å²) in [6, 6.07) is 4.72. The summed E-state index contributed by atoms with van der Waals surface area (Å²) in [5, 5.41) is 7.07. The summed E-state index contributed by atoms with van der Waals surface area (Å²) < 4.78 is 0. The van der Waals surface area contributed by atoms with Gasteiger partial charge in [-0.25, -0.2) is 9.97 Å². The Morgan fingerprint density at radius 2 is 2.19 bits per heavy atom. The molecule has 1 saturated heterocycles. The lowest BCUT2D eigenvalue weighted by molar-refractivity contribution is 0.173. The van der Waals surface area contributed by atoms with Gasteiger partial charge in [-0.1, -0.05) is 6.07 Å². The number of fused-ring (bicyclic) bond motifs is 1. The minimum absolute atomic E-state index is 0.666. The molecule has 0 aromatic carbocycles. The second-order valence-electron chi connectivity index (χ2n) is 7.30. The molecule has 1 atom stereocenters. The predicted octanol–water partition coefficient (Wildman–Crippen LogP) is 1.94. The van der Waals surface area contributed by atoms with Crippen LogP contribution in [0, 0.1) is 6.92 Å². The molecule has 1 fully saturated rings. The van der Waals surface area contributed by atoms with Gasteiger partial charge in [-0.3, -0.25) is 9.88 Å². The molecular weight excluding hydrogens is 324 g/mol. The van der Waals surface area contributed by atoms with Crippen LogP contribution in [0.4, 0.5) is 5.82 Å². The molecule has 138 valence electrons. The van der Waals surface area contributed by atoms with Crippen LogP contribution in [0.5, 0.6) is 0 Å². The minimum atomic E-state index is 0.666. The molecule has 2 aromatic heterocycles. The fourth-order valence-corrected chi connectivity index (χ4v) is 4.08. The van der Waals surface area contributed by atoms with Crippen LogP contribution in [0.15, 0.2) is 24.5 Å². The van der Waals surface area contributed by atoms with Gasteiger partial charge >= 0.3 is 0 Å². The van der Waals surface area contributed by atoms with Crippen LogP contribution in [0.3, 0.4) is 0 Å². The molecule has 2 N–H and O–H groups in total. The molecule has 26 heavy (non-hydrogen) atoms. The number of nitrogens with zero attached hydrogens (tertiary/aromatic N) is 4. The van der Waals surface area contributed by atoms with E-state index in [2.05, 4.69) is 26.6 Å². The Morgan fingerprint density at radius 1 is 1.27 bits per heavy atom. The Bertz CT molecular complexity index is 727. The van der Waals surface area contributed by atoms with E-state index in [9.17, 15) is 0 Å². The maximum Gasteiger partial charge on any atom is 0.133 e. The average Bonchev–Trinajstić information content (AvgIpc) is 2.90. The lowest BCUT2D eigenvalue weighted by Gasteiger charge is -2.33. The molecule has 4 heterocycles. The highest BCUT2D eigenvalue weighted by molar-refractivity contribution is 5.48. The zero-order valence-corrected chi connectivity index (χ0v) is 15.5. The molecule has 0 radical (unpaired) electrons. The van der Waals surface area contributed by atoms with Gasteiger partial charge < -0.3 is 10.6 Å². The molecule has 4 rings (SSSR count). The van der Waals surface area contributed by atoms with Crippen molar-refractivity contribution in [2.75, 3.05) is 31.5 Å². The number of nitrogens with one attached hydrogen (secondary N) is 2. The molecule has 0 bridgehead atoms. The number of anilines is 1. The van der Waals surface area contributed by atoms with Gasteiger partial charge in [-0.2, -0.15) is 0 Å². The van der Waals surface area contributed by atoms with Crippen molar-refractivity contribution in [1.29, 1.82) is 0 Å². The van der Waals surface area contributed by atoms with Crippen molar-refractivity contribution < 1.29 is 0 Å². The standard InChI is InChI=1S/C20H28N6/c1-15-24-19-7-11-26(17-5-3-9-22-14-17)10-6-18(19)20(25-15)23-13-16-4-2-8-21-12-16/h2,4,8,12,17,22H,3,5-7,9-11,13-14H2,1H3,(H,23,24,25). The van der Waals surface area contributed by atoms with Gasteiger partial charge in [0.05, 0.1) is 5.69 Å². The second-order valence-corrected chi connectivity index (χ2v) is 7.30. The molecule has 2 aromatic rings. The Kier molecular flexibility index (Phi) is 5.41. The van der Waals surface area contributed by atoms with E-state index in [1.807, 2.05) is 19.2 Å². The van der Waals surface area contributed by atoms with Crippen molar-refractivity contribution in [3.63, 3.8) is 0 Å². The second kappa shape index (κ2) is 8.10. The Balaban J connectivity index is 1.49. The SMILES string of the molecule is Cc1nc2c(c(NCc3cccnc3)n1)CCN(C1CCCNC1)CC2. The van der Waals surface area contributed by atoms with Crippen molar-refractivity contribution in [3.8, 4) is 0 Å². The third kappa shape index (κ3) is 4.02. The quantitative estimate of drug-likeness (QED) is 0.877. The fourth-order valence-electron chi connectivity index (χ4n) is 4.08. The normalized spacial score (nSPS) is 21.0. The molecule has 2 aliphatic rings. The lowest BCUT2D eigenvalue weighted by Crippen LogP contribution is -2.46. The average molecular weight is 352 g/mol. The highest BCUT2D eigenvalue weighted by atomic mass is 15.2. The van der Waals surface area contributed by atoms with E-state index in [-0.39, 0.29) is 0 Å². The van der Waals surface area contributed by atoms with Crippen molar-refractivity contribution in [1.82, 2.24) is 25.2 Å². The molecule has 0 spiro atoms. The zero-order valence-electron chi connectivity index (χ0n) is 15.5. The number of pyridine rings is 1. The van der Waals surface area contributed by atoms with E-state index >= 15 is 0 Å². The van der Waals surface area contributed by atoms with Gasteiger partial charge in [0.15, 0.2) is 0 Å². The smallest absolute Gasteiger partial charge is 0.133 e. The number of hydrogen-bond donors (Lipinski definition) is 2. The van der Waals surface area contributed by atoms with E-state index < -0.39 is 0 Å². The molecule has 6 nitrogen and oxygen atoms in total. The summed E-state index contributed by atoms with van der Waals surface area (Å²) in [4.78, 5) is 16.3. The number of aromatic nitrogens is 3. The maximum atomic E-state index is 4.76. The van der Waals surface area contributed by atoms with Gasteiger partial charge in [0.2, 0.25) is 0 Å². The largest absolute Gasteiger partial charge is 0.366 e. The number of aryl methyl sites for hydroxylation is 1. The van der Waals surface area contributed by atoms with Gasteiger partial charge in [0.25, 0.3) is 0 Å². The fraction of sp³-hybridized carbons (Fsp3) is 0.550. The third-order valence-corrected chi connectivity index (χ3v) is 5.46. The van der Waals surface area contributed by atoms with Crippen LogP contribution in [-0.4, -0.2) is 52.1 Å². The summed E-state index contributed by atoms with van der Waals surface area (Å²) in [5.74, 6) is 1.85. The summed E-state index contributed by atoms with van der Waals surface area (Å²) in [6.07, 6.45) is 8.32. The van der Waals surface area contributed by atoms with E-state index in [0.717, 1.165) is 57.2 Å². The first kappa shape index (κ1) is 17.4. The van der Waals surface area contributed by atoms with Gasteiger partial charge in [-0.05, 0) is 44.4 Å². The minimum Gasteiger partial charge on any atom is -0.366 e. The molecule has 0 amide bonds. The van der Waals surface area contributed by atoms with Crippen LogP contribution >= 0.6 is 0 Å². The molecule has 6 heteroatoms. The molecule has 0 saturated carbocycles. The highest BCUT2D eigenvalue weighted by Gasteiger charge is 2.25. The monoisotopic (exact) mass is 352 g/mol. The first-order chi connectivity index (χ1) is 12.8. The summed E-state index contributed by atoms with van der Waals surface area (Å²) in [5.41, 5.74) is 3.68. The predicted molar refractivity (Wildman–Crippen MR) is 103 cm³/mol. The van der Waals surface area contributed by atoms with Crippen molar-refractivity contribution in [2.24, 2.45) is 0 Å². The number of hydrogen-bond acceptors (Lipinski definition) is 6. The molecule has 2 aliphatic heterocycles. The lowest BCUT2D eigenvalue weighted by atomic mass is 10.1. The van der Waals surface area contributed by atoms with Crippen LogP contribution in [0.25, 0.3) is 0 Å². The summed E-state index contributed by atoms with van der Waals surface area (Å²) in [6.45, 7) is 7.20. The van der Waals surface area contributed by atoms with Crippen LogP contribution in [-0.2, 0) is 19.4 Å². The Labute approximate surface area is 155 Å². The van der Waals surface area contributed by atoms with Gasteiger partial charge in [0.1, 0.15) is 11.6 Å². The van der Waals surface area contributed by atoms with E-state index in [1.165, 1.54) is 29.7 Å². The molecular formula is C20H28N6. The van der Waals surface area contributed by atoms with Crippen molar-refractivity contribution in [3.05, 3.63) is 47.2 Å². The van der Waals surface area contributed by atoms with Crippen molar-refractivity contribution >= 4 is 5.82 Å². The third-order valence-electron chi connectivity index (χ3n) is 5.46. The topological polar surface area (TPSA) is 66.0 Å². The Hall–Kier alpha value is -2.05. The first-order valence-electron chi connectivity index (χ1n) is 9.73. The maximum absolute atomic E-state index is 4.76. The van der Waals surface area contributed by atoms with E-state index in [4.69, 9.17) is 9.97 Å². The molecule has 1 unspecified atom stereocenters. The van der Waals surface area contributed by atoms with E-state index in [1.54, 1.807) is 6.20 Å². The zero-order chi connectivity index (χ0) is 17.8. The van der Waals surface area contributed by atoms with Gasteiger partial charge in [-0.15, -0.1) is 0 Å². The van der Waals surface area contributed by atoms with Crippen LogP contribution < -0.4 is 10.6 Å². The van der Waals surface area contributed by atoms with E-state index in [0.29, 0.717) is 6.04 Å².